The highest BCUT2D eigenvalue weighted by molar-refractivity contribution is 6.21. The van der Waals surface area contributed by atoms with Crippen LogP contribution in [0.3, 0.4) is 0 Å². The SMILES string of the molecule is c1ccc(-c2nc(-c3ccccc3)nc(-c3ccc4ccc5c(ccc6c5ccc5oc(-c7ccccc7)nc56)c4c3)n2)cc1. The molecule has 45 heavy (non-hydrogen) atoms. The summed E-state index contributed by atoms with van der Waals surface area (Å²) in [6.07, 6.45) is 0. The number of rotatable bonds is 4. The maximum Gasteiger partial charge on any atom is 0.227 e. The molecule has 9 aromatic rings. The third kappa shape index (κ3) is 4.33. The van der Waals surface area contributed by atoms with E-state index >= 15 is 0 Å². The highest BCUT2D eigenvalue weighted by Crippen LogP contribution is 2.37. The minimum Gasteiger partial charge on any atom is -0.436 e. The van der Waals surface area contributed by atoms with Crippen molar-refractivity contribution in [1.82, 2.24) is 19.9 Å². The number of aromatic nitrogens is 4. The quantitative estimate of drug-likeness (QED) is 0.195. The Kier molecular flexibility index (Phi) is 5.74. The van der Waals surface area contributed by atoms with Gasteiger partial charge in [-0.1, -0.05) is 115 Å². The summed E-state index contributed by atoms with van der Waals surface area (Å²) in [7, 11) is 0. The van der Waals surface area contributed by atoms with E-state index in [1.807, 2.05) is 97.1 Å². The van der Waals surface area contributed by atoms with Crippen LogP contribution in [-0.2, 0) is 0 Å². The van der Waals surface area contributed by atoms with Gasteiger partial charge in [-0.25, -0.2) is 19.9 Å². The number of hydrogen-bond donors (Lipinski definition) is 0. The molecule has 0 unspecified atom stereocenters. The molecule has 0 saturated carbocycles. The third-order valence-electron chi connectivity index (χ3n) is 8.35. The van der Waals surface area contributed by atoms with Gasteiger partial charge in [-0.3, -0.25) is 0 Å². The topological polar surface area (TPSA) is 64.7 Å². The van der Waals surface area contributed by atoms with E-state index in [4.69, 9.17) is 24.4 Å². The standard InChI is InChI=1S/C40H24N4O/c1-4-10-26(11-5-1)37-42-38(27-12-6-2-7-13-27)44-39(43-37)29-17-16-25-18-19-30-31-22-23-35-36(33(31)21-20-32(30)34(25)24-29)41-40(45-35)28-14-8-3-9-15-28/h1-24H. The Morgan fingerprint density at radius 3 is 1.51 bits per heavy atom. The van der Waals surface area contributed by atoms with Gasteiger partial charge in [-0.2, -0.15) is 0 Å². The average molecular weight is 577 g/mol. The Morgan fingerprint density at radius 1 is 0.356 bits per heavy atom. The summed E-state index contributed by atoms with van der Waals surface area (Å²) in [5.41, 5.74) is 5.45. The first kappa shape index (κ1) is 25.3. The Balaban J connectivity index is 1.22. The fourth-order valence-corrected chi connectivity index (χ4v) is 6.12. The molecule has 0 saturated heterocycles. The van der Waals surface area contributed by atoms with Gasteiger partial charge in [-0.05, 0) is 57.3 Å². The molecule has 210 valence electrons. The molecule has 2 aromatic heterocycles. The Bertz CT molecular complexity index is 2470. The van der Waals surface area contributed by atoms with E-state index in [0.717, 1.165) is 65.7 Å². The number of fused-ring (bicyclic) bond motifs is 7. The van der Waals surface area contributed by atoms with E-state index in [0.29, 0.717) is 23.4 Å². The summed E-state index contributed by atoms with van der Waals surface area (Å²) in [6.45, 7) is 0. The molecular formula is C40H24N4O. The molecule has 2 heterocycles. The lowest BCUT2D eigenvalue weighted by molar-refractivity contribution is 0.620. The van der Waals surface area contributed by atoms with Crippen molar-refractivity contribution in [3.8, 4) is 45.6 Å². The number of oxazole rings is 1. The molecule has 0 bridgehead atoms. The molecule has 9 rings (SSSR count). The van der Waals surface area contributed by atoms with Gasteiger partial charge in [0, 0.05) is 27.6 Å². The van der Waals surface area contributed by atoms with Crippen LogP contribution in [0.15, 0.2) is 150 Å². The molecular weight excluding hydrogens is 552 g/mol. The molecule has 0 aliphatic carbocycles. The van der Waals surface area contributed by atoms with Crippen molar-refractivity contribution in [1.29, 1.82) is 0 Å². The largest absolute Gasteiger partial charge is 0.436 e. The zero-order valence-electron chi connectivity index (χ0n) is 24.1. The van der Waals surface area contributed by atoms with Crippen molar-refractivity contribution in [3.63, 3.8) is 0 Å². The Hall–Kier alpha value is -6.20. The summed E-state index contributed by atoms with van der Waals surface area (Å²) >= 11 is 0. The van der Waals surface area contributed by atoms with Crippen LogP contribution in [0.25, 0.3) is 89.0 Å². The number of benzene rings is 7. The lowest BCUT2D eigenvalue weighted by atomic mass is 9.95. The first-order valence-electron chi connectivity index (χ1n) is 14.9. The predicted octanol–water partition coefficient (Wildman–Crippen LogP) is 10.1. The van der Waals surface area contributed by atoms with Crippen LogP contribution in [0, 0.1) is 0 Å². The van der Waals surface area contributed by atoms with E-state index in [2.05, 4.69) is 48.5 Å². The second kappa shape index (κ2) is 10.2. The van der Waals surface area contributed by atoms with Gasteiger partial charge in [0.15, 0.2) is 23.1 Å². The van der Waals surface area contributed by atoms with Gasteiger partial charge in [-0.15, -0.1) is 0 Å². The monoisotopic (exact) mass is 576 g/mol. The normalized spacial score (nSPS) is 11.6. The minimum absolute atomic E-state index is 0.628. The highest BCUT2D eigenvalue weighted by atomic mass is 16.3. The number of hydrogen-bond acceptors (Lipinski definition) is 5. The Morgan fingerprint density at radius 2 is 0.844 bits per heavy atom. The van der Waals surface area contributed by atoms with Crippen LogP contribution in [-0.4, -0.2) is 19.9 Å². The van der Waals surface area contributed by atoms with Crippen molar-refractivity contribution in [2.75, 3.05) is 0 Å². The molecule has 0 radical (unpaired) electrons. The van der Waals surface area contributed by atoms with Crippen LogP contribution >= 0.6 is 0 Å². The summed E-state index contributed by atoms with van der Waals surface area (Å²) in [4.78, 5) is 19.7. The van der Waals surface area contributed by atoms with E-state index in [1.54, 1.807) is 0 Å². The van der Waals surface area contributed by atoms with E-state index in [9.17, 15) is 0 Å². The second-order valence-corrected chi connectivity index (χ2v) is 11.1. The average Bonchev–Trinajstić information content (AvgIpc) is 3.57. The summed E-state index contributed by atoms with van der Waals surface area (Å²) in [6, 6.07) is 49.5. The molecule has 0 atom stereocenters. The molecule has 0 spiro atoms. The molecule has 0 aliphatic heterocycles. The van der Waals surface area contributed by atoms with Crippen molar-refractivity contribution in [2.24, 2.45) is 0 Å². The minimum atomic E-state index is 0.628. The van der Waals surface area contributed by atoms with Crippen LogP contribution in [0.5, 0.6) is 0 Å². The smallest absolute Gasteiger partial charge is 0.227 e. The molecule has 0 N–H and O–H groups in total. The van der Waals surface area contributed by atoms with Crippen LogP contribution < -0.4 is 0 Å². The molecule has 5 heteroatoms. The zero-order chi connectivity index (χ0) is 29.7. The molecule has 0 fully saturated rings. The Labute approximate surface area is 258 Å². The van der Waals surface area contributed by atoms with Crippen LogP contribution in [0.2, 0.25) is 0 Å². The predicted molar refractivity (Wildman–Crippen MR) is 182 cm³/mol. The lowest BCUT2D eigenvalue weighted by Crippen LogP contribution is -2.00. The van der Waals surface area contributed by atoms with Crippen molar-refractivity contribution < 1.29 is 4.42 Å². The highest BCUT2D eigenvalue weighted by Gasteiger charge is 2.16. The van der Waals surface area contributed by atoms with E-state index < -0.39 is 0 Å². The number of nitrogens with zero attached hydrogens (tertiary/aromatic N) is 4. The van der Waals surface area contributed by atoms with Crippen molar-refractivity contribution in [3.05, 3.63) is 146 Å². The second-order valence-electron chi connectivity index (χ2n) is 11.1. The fourth-order valence-electron chi connectivity index (χ4n) is 6.12. The van der Waals surface area contributed by atoms with Crippen LogP contribution in [0.1, 0.15) is 0 Å². The van der Waals surface area contributed by atoms with Crippen LogP contribution in [0.4, 0.5) is 0 Å². The van der Waals surface area contributed by atoms with Crippen molar-refractivity contribution in [2.45, 2.75) is 0 Å². The molecule has 5 nitrogen and oxygen atoms in total. The van der Waals surface area contributed by atoms with Gasteiger partial charge in [0.1, 0.15) is 5.52 Å². The van der Waals surface area contributed by atoms with Gasteiger partial charge >= 0.3 is 0 Å². The maximum absolute atomic E-state index is 6.16. The van der Waals surface area contributed by atoms with Gasteiger partial charge in [0.2, 0.25) is 5.89 Å². The van der Waals surface area contributed by atoms with Gasteiger partial charge in [0.05, 0.1) is 0 Å². The third-order valence-corrected chi connectivity index (χ3v) is 8.35. The first-order chi connectivity index (χ1) is 22.3. The molecule has 0 aliphatic rings. The molecule has 0 amide bonds. The molecule has 7 aromatic carbocycles. The summed E-state index contributed by atoms with van der Waals surface area (Å²) < 4.78 is 6.16. The zero-order valence-corrected chi connectivity index (χ0v) is 24.1. The summed E-state index contributed by atoms with van der Waals surface area (Å²) in [5, 5.41) is 6.82. The van der Waals surface area contributed by atoms with E-state index in [1.165, 1.54) is 0 Å². The lowest BCUT2D eigenvalue weighted by Gasteiger charge is -2.11. The first-order valence-corrected chi connectivity index (χ1v) is 14.9. The van der Waals surface area contributed by atoms with Gasteiger partial charge in [0.25, 0.3) is 0 Å². The maximum atomic E-state index is 6.16. The van der Waals surface area contributed by atoms with Crippen molar-refractivity contribution >= 4 is 43.4 Å². The van der Waals surface area contributed by atoms with Gasteiger partial charge < -0.3 is 4.42 Å². The summed E-state index contributed by atoms with van der Waals surface area (Å²) in [5.74, 6) is 2.56. The fraction of sp³-hybridized carbons (Fsp3) is 0. The van der Waals surface area contributed by atoms with E-state index in [-0.39, 0.29) is 0 Å².